The monoisotopic (exact) mass is 296 g/mol. The van der Waals surface area contributed by atoms with Crippen molar-refractivity contribution in [1.82, 2.24) is 9.97 Å². The van der Waals surface area contributed by atoms with E-state index in [4.69, 9.17) is 11.6 Å². The molecule has 3 nitrogen and oxygen atoms in total. The minimum atomic E-state index is -0.418. The Labute approximate surface area is 123 Å². The predicted molar refractivity (Wildman–Crippen MR) is 73.8 cm³/mol. The van der Waals surface area contributed by atoms with E-state index in [1.807, 2.05) is 0 Å². The summed E-state index contributed by atoms with van der Waals surface area (Å²) in [4.78, 5) is 19.6. The number of Topliss-reactive ketones (excluding diaryl/α,β-unsaturated/α-hetero) is 1. The summed E-state index contributed by atoms with van der Waals surface area (Å²) in [7, 11) is 0. The van der Waals surface area contributed by atoms with Gasteiger partial charge in [-0.05, 0) is 68.4 Å². The SMILES string of the molecule is CC(=O)[C@H]1C2CCC(CC2)C1Cc1nc(Cl)ncc1F. The van der Waals surface area contributed by atoms with Gasteiger partial charge in [0, 0.05) is 5.92 Å². The van der Waals surface area contributed by atoms with Crippen molar-refractivity contribution in [2.45, 2.75) is 39.0 Å². The maximum atomic E-state index is 13.8. The third-order valence-corrected chi connectivity index (χ3v) is 5.26. The molecular weight excluding hydrogens is 279 g/mol. The van der Waals surface area contributed by atoms with Gasteiger partial charge >= 0.3 is 0 Å². The van der Waals surface area contributed by atoms with Gasteiger partial charge in [-0.25, -0.2) is 14.4 Å². The van der Waals surface area contributed by atoms with Crippen LogP contribution in [-0.4, -0.2) is 15.8 Å². The van der Waals surface area contributed by atoms with E-state index in [1.54, 1.807) is 6.92 Å². The minimum Gasteiger partial charge on any atom is -0.300 e. The normalized spacial score (nSPS) is 32.4. The van der Waals surface area contributed by atoms with Gasteiger partial charge in [0.15, 0.2) is 5.82 Å². The number of aromatic nitrogens is 2. The Kier molecular flexibility index (Phi) is 3.76. The number of carbonyl (C=O) groups excluding carboxylic acids is 1. The Morgan fingerprint density at radius 1 is 1.35 bits per heavy atom. The highest BCUT2D eigenvalue weighted by Crippen LogP contribution is 2.50. The van der Waals surface area contributed by atoms with Crippen LogP contribution in [0.2, 0.25) is 5.28 Å². The molecule has 1 aromatic rings. The van der Waals surface area contributed by atoms with Crippen LogP contribution >= 0.6 is 11.6 Å². The summed E-state index contributed by atoms with van der Waals surface area (Å²) in [5, 5.41) is 0.0711. The topological polar surface area (TPSA) is 42.9 Å². The van der Waals surface area contributed by atoms with Crippen molar-refractivity contribution in [3.63, 3.8) is 0 Å². The number of rotatable bonds is 3. The maximum Gasteiger partial charge on any atom is 0.222 e. The van der Waals surface area contributed by atoms with E-state index in [1.165, 1.54) is 0 Å². The summed E-state index contributed by atoms with van der Waals surface area (Å²) in [5.74, 6) is 1.09. The Morgan fingerprint density at radius 2 is 2.00 bits per heavy atom. The zero-order chi connectivity index (χ0) is 14.3. The lowest BCUT2D eigenvalue weighted by atomic mass is 9.56. The summed E-state index contributed by atoms with van der Waals surface area (Å²) < 4.78 is 13.8. The van der Waals surface area contributed by atoms with Crippen LogP contribution < -0.4 is 0 Å². The Balaban J connectivity index is 1.87. The van der Waals surface area contributed by atoms with Gasteiger partial charge in [0.25, 0.3) is 0 Å². The van der Waals surface area contributed by atoms with Crippen LogP contribution in [0, 0.1) is 29.5 Å². The summed E-state index contributed by atoms with van der Waals surface area (Å²) in [6.07, 6.45) is 6.20. The smallest absolute Gasteiger partial charge is 0.222 e. The zero-order valence-electron chi connectivity index (χ0n) is 11.5. The molecule has 1 aromatic heterocycles. The van der Waals surface area contributed by atoms with Gasteiger partial charge in [-0.3, -0.25) is 4.79 Å². The number of hydrogen-bond donors (Lipinski definition) is 0. The first-order chi connectivity index (χ1) is 9.56. The van der Waals surface area contributed by atoms with Gasteiger partial charge in [0.2, 0.25) is 5.28 Å². The molecule has 2 atom stereocenters. The molecule has 108 valence electrons. The van der Waals surface area contributed by atoms with E-state index in [0.29, 0.717) is 24.0 Å². The molecule has 0 N–H and O–H groups in total. The fourth-order valence-electron chi connectivity index (χ4n) is 4.25. The molecule has 1 unspecified atom stereocenters. The lowest BCUT2D eigenvalue weighted by Crippen LogP contribution is -2.44. The van der Waals surface area contributed by atoms with E-state index in [-0.39, 0.29) is 22.9 Å². The largest absolute Gasteiger partial charge is 0.300 e. The summed E-state index contributed by atoms with van der Waals surface area (Å²) in [6.45, 7) is 1.67. The van der Waals surface area contributed by atoms with E-state index in [2.05, 4.69) is 9.97 Å². The third-order valence-electron chi connectivity index (χ3n) is 5.08. The number of nitrogens with zero attached hydrogens (tertiary/aromatic N) is 2. The predicted octanol–water partition coefficient (Wildman–Crippen LogP) is 3.45. The van der Waals surface area contributed by atoms with Gasteiger partial charge in [0.05, 0.1) is 11.9 Å². The molecule has 4 rings (SSSR count). The molecule has 3 aliphatic carbocycles. The highest BCUT2D eigenvalue weighted by molar-refractivity contribution is 6.28. The standard InChI is InChI=1S/C15H18ClFN2O/c1-8(20)14-10-4-2-9(3-5-10)11(14)6-13-12(17)7-18-15(16)19-13/h7,9-11,14H,2-6H2,1H3/t9?,10?,11?,14-/m0/s1. The van der Waals surface area contributed by atoms with Crippen molar-refractivity contribution in [3.8, 4) is 0 Å². The van der Waals surface area contributed by atoms with Crippen LogP contribution in [0.1, 0.15) is 38.3 Å². The van der Waals surface area contributed by atoms with Gasteiger partial charge < -0.3 is 0 Å². The van der Waals surface area contributed by atoms with Crippen LogP contribution in [-0.2, 0) is 11.2 Å². The van der Waals surface area contributed by atoms with Crippen LogP contribution in [0.25, 0.3) is 0 Å². The Bertz CT molecular complexity index is 529. The highest BCUT2D eigenvalue weighted by atomic mass is 35.5. The van der Waals surface area contributed by atoms with E-state index < -0.39 is 5.82 Å². The second-order valence-corrected chi connectivity index (χ2v) is 6.45. The van der Waals surface area contributed by atoms with Crippen LogP contribution in [0.5, 0.6) is 0 Å². The number of carbonyl (C=O) groups is 1. The Hall–Kier alpha value is -1.03. The van der Waals surface area contributed by atoms with Gasteiger partial charge in [-0.15, -0.1) is 0 Å². The zero-order valence-corrected chi connectivity index (χ0v) is 12.2. The van der Waals surface area contributed by atoms with Crippen LogP contribution in [0.15, 0.2) is 6.20 Å². The Morgan fingerprint density at radius 3 is 2.65 bits per heavy atom. The molecule has 0 saturated heterocycles. The third kappa shape index (κ3) is 2.46. The van der Waals surface area contributed by atoms with Gasteiger partial charge in [0.1, 0.15) is 5.78 Å². The lowest BCUT2D eigenvalue weighted by Gasteiger charge is -2.47. The molecule has 3 saturated carbocycles. The fraction of sp³-hybridized carbons (Fsp3) is 0.667. The first-order valence-electron chi connectivity index (χ1n) is 7.23. The van der Waals surface area contributed by atoms with Gasteiger partial charge in [-0.1, -0.05) is 0 Å². The highest BCUT2D eigenvalue weighted by Gasteiger charge is 2.45. The first kappa shape index (κ1) is 13.9. The van der Waals surface area contributed by atoms with Gasteiger partial charge in [-0.2, -0.15) is 0 Å². The molecule has 3 fully saturated rings. The maximum absolute atomic E-state index is 13.8. The van der Waals surface area contributed by atoms with Crippen molar-refractivity contribution in [1.29, 1.82) is 0 Å². The number of fused-ring (bicyclic) bond motifs is 3. The summed E-state index contributed by atoms with van der Waals surface area (Å²) in [6, 6.07) is 0. The second kappa shape index (κ2) is 5.40. The number of halogens is 2. The molecule has 0 radical (unpaired) electrons. The molecule has 20 heavy (non-hydrogen) atoms. The molecule has 0 aromatic carbocycles. The minimum absolute atomic E-state index is 0.0654. The molecule has 5 heteroatoms. The van der Waals surface area contributed by atoms with Crippen molar-refractivity contribution in [2.24, 2.45) is 23.7 Å². The molecule has 1 heterocycles. The first-order valence-corrected chi connectivity index (χ1v) is 7.61. The molecule has 3 aliphatic rings. The fourth-order valence-corrected chi connectivity index (χ4v) is 4.40. The number of ketones is 1. The van der Waals surface area contributed by atoms with Crippen molar-refractivity contribution in [2.75, 3.05) is 0 Å². The lowest BCUT2D eigenvalue weighted by molar-refractivity contribution is -0.130. The molecule has 2 bridgehead atoms. The second-order valence-electron chi connectivity index (χ2n) is 6.11. The van der Waals surface area contributed by atoms with Crippen LogP contribution in [0.4, 0.5) is 4.39 Å². The average Bonchev–Trinajstić information content (AvgIpc) is 2.43. The molecule has 0 spiro atoms. The van der Waals surface area contributed by atoms with Crippen molar-refractivity contribution in [3.05, 3.63) is 23.0 Å². The summed E-state index contributed by atoms with van der Waals surface area (Å²) in [5.41, 5.74) is 0.355. The quantitative estimate of drug-likeness (QED) is 0.802. The van der Waals surface area contributed by atoms with Crippen molar-refractivity contribution >= 4 is 17.4 Å². The van der Waals surface area contributed by atoms with Crippen LogP contribution in [0.3, 0.4) is 0 Å². The average molecular weight is 297 g/mol. The van der Waals surface area contributed by atoms with Crippen molar-refractivity contribution < 1.29 is 9.18 Å². The summed E-state index contributed by atoms with van der Waals surface area (Å²) >= 11 is 5.76. The molecular formula is C15H18ClFN2O. The number of hydrogen-bond acceptors (Lipinski definition) is 3. The molecule has 0 aliphatic heterocycles. The van der Waals surface area contributed by atoms with E-state index in [0.717, 1.165) is 31.9 Å². The molecule has 0 amide bonds. The van der Waals surface area contributed by atoms with E-state index >= 15 is 0 Å². The van der Waals surface area contributed by atoms with E-state index in [9.17, 15) is 9.18 Å².